The molecule has 0 radical (unpaired) electrons. The number of rotatable bonds is 6. The smallest absolute Gasteiger partial charge is 0.0584 e. The molecule has 0 amide bonds. The molecule has 0 saturated carbocycles. The molecule has 0 bridgehead atoms. The van der Waals surface area contributed by atoms with E-state index in [4.69, 9.17) is 5.11 Å². The molecule has 2 heteroatoms. The molecule has 2 N–H and O–H groups in total. The Hall–Kier alpha value is -0.860. The molecule has 0 aliphatic rings. The highest BCUT2D eigenvalue weighted by molar-refractivity contribution is 5.24. The maximum Gasteiger partial charge on any atom is 0.0584 e. The fraction of sp³-hybridized carbons (Fsp3) is 0.571. The monoisotopic (exact) mass is 221 g/mol. The van der Waals surface area contributed by atoms with Crippen LogP contribution in [0.2, 0.25) is 0 Å². The third-order valence-corrected chi connectivity index (χ3v) is 2.95. The summed E-state index contributed by atoms with van der Waals surface area (Å²) in [5, 5.41) is 12.4. The summed E-state index contributed by atoms with van der Waals surface area (Å²) in [5.41, 5.74) is 2.65. The Morgan fingerprint density at radius 1 is 1.19 bits per heavy atom. The Morgan fingerprint density at radius 2 is 1.81 bits per heavy atom. The van der Waals surface area contributed by atoms with Crippen LogP contribution in [0.15, 0.2) is 24.3 Å². The molecule has 0 aromatic heterocycles. The van der Waals surface area contributed by atoms with E-state index in [0.29, 0.717) is 5.92 Å². The minimum absolute atomic E-state index is 0.209. The van der Waals surface area contributed by atoms with Crippen LogP contribution in [0.5, 0.6) is 0 Å². The average molecular weight is 221 g/mol. The molecule has 1 aromatic carbocycles. The van der Waals surface area contributed by atoms with Gasteiger partial charge in [-0.2, -0.15) is 0 Å². The highest BCUT2D eigenvalue weighted by Gasteiger charge is 2.03. The third-order valence-electron chi connectivity index (χ3n) is 2.95. The van der Waals surface area contributed by atoms with Crippen molar-refractivity contribution in [2.75, 3.05) is 6.61 Å². The van der Waals surface area contributed by atoms with Crippen LogP contribution in [0.1, 0.15) is 44.2 Å². The molecule has 1 aromatic rings. The highest BCUT2D eigenvalue weighted by Crippen LogP contribution is 2.14. The molecular formula is C14H23NO. The van der Waals surface area contributed by atoms with E-state index in [0.717, 1.165) is 13.0 Å². The minimum atomic E-state index is 0.209. The lowest BCUT2D eigenvalue weighted by Crippen LogP contribution is -2.31. The van der Waals surface area contributed by atoms with Gasteiger partial charge in [0.1, 0.15) is 0 Å². The first-order valence-corrected chi connectivity index (χ1v) is 6.10. The van der Waals surface area contributed by atoms with Gasteiger partial charge in [0.2, 0.25) is 0 Å². The molecule has 0 unspecified atom stereocenters. The molecule has 16 heavy (non-hydrogen) atoms. The summed E-state index contributed by atoms with van der Waals surface area (Å²) in [6, 6.07) is 8.90. The maximum atomic E-state index is 9.06. The summed E-state index contributed by atoms with van der Waals surface area (Å²) in [7, 11) is 0. The second-order valence-corrected chi connectivity index (χ2v) is 4.56. The van der Waals surface area contributed by atoms with Gasteiger partial charge in [0.25, 0.3) is 0 Å². The van der Waals surface area contributed by atoms with Crippen molar-refractivity contribution in [3.63, 3.8) is 0 Å². The Bertz CT molecular complexity index is 288. The van der Waals surface area contributed by atoms with Gasteiger partial charge >= 0.3 is 0 Å². The maximum absolute atomic E-state index is 9.06. The van der Waals surface area contributed by atoms with Gasteiger partial charge in [0.05, 0.1) is 6.61 Å². The van der Waals surface area contributed by atoms with Crippen LogP contribution in [0.3, 0.4) is 0 Å². The second kappa shape index (κ2) is 6.66. The molecular weight excluding hydrogens is 198 g/mol. The summed E-state index contributed by atoms with van der Waals surface area (Å²) in [5.74, 6) is 0.586. The topological polar surface area (TPSA) is 32.3 Å². The van der Waals surface area contributed by atoms with Gasteiger partial charge in [-0.1, -0.05) is 45.0 Å². The van der Waals surface area contributed by atoms with Crippen molar-refractivity contribution in [3.8, 4) is 0 Å². The lowest BCUT2D eigenvalue weighted by atomic mass is 10.0. The lowest BCUT2D eigenvalue weighted by molar-refractivity contribution is 0.238. The predicted molar refractivity (Wildman–Crippen MR) is 68.5 cm³/mol. The molecule has 90 valence electrons. The predicted octanol–water partition coefficient (Wildman–Crippen LogP) is 2.67. The van der Waals surface area contributed by atoms with Crippen molar-refractivity contribution < 1.29 is 5.11 Å². The standard InChI is InChI=1S/C14H23NO/c1-4-14(10-16)15-9-12-5-7-13(8-6-12)11(2)3/h5-8,11,14-16H,4,9-10H2,1-3H3/t14-/m1/s1. The summed E-state index contributed by atoms with van der Waals surface area (Å²) in [6.45, 7) is 7.52. The van der Waals surface area contributed by atoms with Gasteiger partial charge in [-0.05, 0) is 23.5 Å². The number of hydrogen-bond acceptors (Lipinski definition) is 2. The molecule has 1 atom stereocenters. The van der Waals surface area contributed by atoms with Crippen LogP contribution in [0, 0.1) is 0 Å². The van der Waals surface area contributed by atoms with E-state index in [2.05, 4.69) is 50.4 Å². The van der Waals surface area contributed by atoms with E-state index in [1.165, 1.54) is 11.1 Å². The Kier molecular flexibility index (Phi) is 5.50. The third kappa shape index (κ3) is 3.95. The van der Waals surface area contributed by atoms with Crippen molar-refractivity contribution in [2.45, 2.75) is 45.7 Å². The quantitative estimate of drug-likeness (QED) is 0.774. The van der Waals surface area contributed by atoms with Crippen LogP contribution in [0.25, 0.3) is 0 Å². The van der Waals surface area contributed by atoms with Crippen LogP contribution < -0.4 is 5.32 Å². The summed E-state index contributed by atoms with van der Waals surface area (Å²) in [4.78, 5) is 0. The normalized spacial score (nSPS) is 13.1. The van der Waals surface area contributed by atoms with Crippen LogP contribution in [0.4, 0.5) is 0 Å². The largest absolute Gasteiger partial charge is 0.395 e. The first kappa shape index (κ1) is 13.2. The van der Waals surface area contributed by atoms with E-state index in [9.17, 15) is 0 Å². The molecule has 0 aliphatic heterocycles. The highest BCUT2D eigenvalue weighted by atomic mass is 16.3. The fourth-order valence-electron chi connectivity index (χ4n) is 1.62. The number of nitrogens with one attached hydrogen (secondary N) is 1. The first-order valence-electron chi connectivity index (χ1n) is 6.10. The van der Waals surface area contributed by atoms with E-state index < -0.39 is 0 Å². The van der Waals surface area contributed by atoms with Gasteiger partial charge in [-0.15, -0.1) is 0 Å². The SMILES string of the molecule is CC[C@H](CO)NCc1ccc(C(C)C)cc1. The number of benzene rings is 1. The molecule has 1 rings (SSSR count). The Morgan fingerprint density at radius 3 is 2.25 bits per heavy atom. The number of hydrogen-bond donors (Lipinski definition) is 2. The average Bonchev–Trinajstić information content (AvgIpc) is 2.31. The first-order chi connectivity index (χ1) is 7.67. The van der Waals surface area contributed by atoms with E-state index >= 15 is 0 Å². The number of aliphatic hydroxyl groups excluding tert-OH is 1. The van der Waals surface area contributed by atoms with Crippen LogP contribution >= 0.6 is 0 Å². The van der Waals surface area contributed by atoms with E-state index in [1.807, 2.05) is 0 Å². The van der Waals surface area contributed by atoms with E-state index in [-0.39, 0.29) is 12.6 Å². The zero-order valence-corrected chi connectivity index (χ0v) is 10.5. The fourth-order valence-corrected chi connectivity index (χ4v) is 1.62. The van der Waals surface area contributed by atoms with Crippen molar-refractivity contribution in [2.24, 2.45) is 0 Å². The van der Waals surface area contributed by atoms with Gasteiger partial charge in [-0.3, -0.25) is 0 Å². The van der Waals surface area contributed by atoms with Crippen molar-refractivity contribution in [1.82, 2.24) is 5.32 Å². The van der Waals surface area contributed by atoms with Crippen LogP contribution in [-0.2, 0) is 6.54 Å². The molecule has 0 spiro atoms. The van der Waals surface area contributed by atoms with Crippen molar-refractivity contribution >= 4 is 0 Å². The summed E-state index contributed by atoms with van der Waals surface area (Å²) < 4.78 is 0. The Labute approximate surface area is 98.7 Å². The Balaban J connectivity index is 2.49. The molecule has 0 saturated heterocycles. The zero-order chi connectivity index (χ0) is 12.0. The lowest BCUT2D eigenvalue weighted by Gasteiger charge is -2.14. The van der Waals surface area contributed by atoms with Crippen molar-refractivity contribution in [1.29, 1.82) is 0 Å². The van der Waals surface area contributed by atoms with Gasteiger partial charge in [0, 0.05) is 12.6 Å². The second-order valence-electron chi connectivity index (χ2n) is 4.56. The number of aliphatic hydroxyl groups is 1. The summed E-state index contributed by atoms with van der Waals surface area (Å²) >= 11 is 0. The molecule has 2 nitrogen and oxygen atoms in total. The zero-order valence-electron chi connectivity index (χ0n) is 10.5. The molecule has 0 fully saturated rings. The van der Waals surface area contributed by atoms with Gasteiger partial charge < -0.3 is 10.4 Å². The van der Waals surface area contributed by atoms with E-state index in [1.54, 1.807) is 0 Å². The van der Waals surface area contributed by atoms with Gasteiger partial charge in [0.15, 0.2) is 0 Å². The molecule has 0 aliphatic carbocycles. The summed E-state index contributed by atoms with van der Waals surface area (Å²) in [6.07, 6.45) is 0.959. The molecule has 0 heterocycles. The van der Waals surface area contributed by atoms with Gasteiger partial charge in [-0.25, -0.2) is 0 Å². The van der Waals surface area contributed by atoms with Crippen LogP contribution in [-0.4, -0.2) is 17.8 Å². The van der Waals surface area contributed by atoms with Crippen molar-refractivity contribution in [3.05, 3.63) is 35.4 Å². The minimum Gasteiger partial charge on any atom is -0.395 e.